The van der Waals surface area contributed by atoms with Crippen LogP contribution in [0.2, 0.25) is 0 Å². The SMILES string of the molecule is Cc1cc2c(cc1CN1CCCCC1CC(=O)O)OCO2. The summed E-state index contributed by atoms with van der Waals surface area (Å²) in [5.74, 6) is 0.883. The van der Waals surface area contributed by atoms with Gasteiger partial charge in [-0.2, -0.15) is 0 Å². The number of aliphatic carboxylic acids is 1. The van der Waals surface area contributed by atoms with Gasteiger partial charge in [-0.1, -0.05) is 6.42 Å². The number of fused-ring (bicyclic) bond motifs is 1. The first-order valence-electron chi connectivity index (χ1n) is 7.48. The van der Waals surface area contributed by atoms with Crippen molar-refractivity contribution in [2.24, 2.45) is 0 Å². The number of nitrogens with zero attached hydrogens (tertiary/aromatic N) is 1. The number of piperidine rings is 1. The molecule has 0 radical (unpaired) electrons. The van der Waals surface area contributed by atoms with Crippen LogP contribution in [-0.4, -0.2) is 35.4 Å². The second-order valence-electron chi connectivity index (χ2n) is 5.85. The normalized spacial score (nSPS) is 21.5. The van der Waals surface area contributed by atoms with Crippen molar-refractivity contribution in [1.82, 2.24) is 4.90 Å². The molecule has 21 heavy (non-hydrogen) atoms. The van der Waals surface area contributed by atoms with E-state index in [1.54, 1.807) is 0 Å². The lowest BCUT2D eigenvalue weighted by Crippen LogP contribution is -2.40. The van der Waals surface area contributed by atoms with E-state index in [-0.39, 0.29) is 19.3 Å². The number of ether oxygens (including phenoxy) is 2. The molecular formula is C16H21NO4. The van der Waals surface area contributed by atoms with Gasteiger partial charge >= 0.3 is 5.97 Å². The Balaban J connectivity index is 1.76. The van der Waals surface area contributed by atoms with Gasteiger partial charge in [0, 0.05) is 12.6 Å². The number of carbonyl (C=O) groups is 1. The van der Waals surface area contributed by atoms with Crippen molar-refractivity contribution in [2.45, 2.75) is 45.2 Å². The summed E-state index contributed by atoms with van der Waals surface area (Å²) in [4.78, 5) is 13.3. The lowest BCUT2D eigenvalue weighted by atomic mass is 9.97. The van der Waals surface area contributed by atoms with Gasteiger partial charge in [0.15, 0.2) is 11.5 Å². The number of likely N-dealkylation sites (tertiary alicyclic amines) is 1. The second kappa shape index (κ2) is 5.93. The van der Waals surface area contributed by atoms with E-state index in [4.69, 9.17) is 14.6 Å². The fourth-order valence-corrected chi connectivity index (χ4v) is 3.18. The summed E-state index contributed by atoms with van der Waals surface area (Å²) in [6.45, 7) is 4.09. The summed E-state index contributed by atoms with van der Waals surface area (Å²) in [6, 6.07) is 4.18. The van der Waals surface area contributed by atoms with Crippen LogP contribution in [0.25, 0.3) is 0 Å². The van der Waals surface area contributed by atoms with Crippen molar-refractivity contribution in [1.29, 1.82) is 0 Å². The molecule has 1 aromatic carbocycles. The highest BCUT2D eigenvalue weighted by Crippen LogP contribution is 2.35. The summed E-state index contributed by atoms with van der Waals surface area (Å²) in [7, 11) is 0. The molecule has 1 atom stereocenters. The highest BCUT2D eigenvalue weighted by Gasteiger charge is 2.26. The summed E-state index contributed by atoms with van der Waals surface area (Å²) in [5.41, 5.74) is 2.36. The smallest absolute Gasteiger partial charge is 0.304 e. The fraction of sp³-hybridized carbons (Fsp3) is 0.562. The number of carboxylic acids is 1. The van der Waals surface area contributed by atoms with E-state index in [9.17, 15) is 4.79 Å². The van der Waals surface area contributed by atoms with Crippen molar-refractivity contribution < 1.29 is 19.4 Å². The maximum absolute atomic E-state index is 11.0. The lowest BCUT2D eigenvalue weighted by Gasteiger charge is -2.35. The minimum absolute atomic E-state index is 0.140. The van der Waals surface area contributed by atoms with Crippen molar-refractivity contribution in [3.05, 3.63) is 23.3 Å². The average Bonchev–Trinajstić information content (AvgIpc) is 2.88. The minimum atomic E-state index is -0.714. The number of aryl methyl sites for hydroxylation is 1. The van der Waals surface area contributed by atoms with Crippen LogP contribution in [0.4, 0.5) is 0 Å². The molecule has 2 aliphatic heterocycles. The fourth-order valence-electron chi connectivity index (χ4n) is 3.18. The molecule has 1 unspecified atom stereocenters. The molecule has 5 heteroatoms. The molecule has 0 saturated carbocycles. The van der Waals surface area contributed by atoms with E-state index in [0.29, 0.717) is 0 Å². The summed E-state index contributed by atoms with van der Waals surface area (Å²) in [5, 5.41) is 9.07. The van der Waals surface area contributed by atoms with Gasteiger partial charge in [-0.05, 0) is 49.6 Å². The summed E-state index contributed by atoms with van der Waals surface area (Å²) >= 11 is 0. The van der Waals surface area contributed by atoms with Gasteiger partial charge < -0.3 is 14.6 Å². The molecule has 1 saturated heterocycles. The third-order valence-corrected chi connectivity index (χ3v) is 4.36. The molecule has 2 heterocycles. The first kappa shape index (κ1) is 14.2. The van der Waals surface area contributed by atoms with Gasteiger partial charge in [0.05, 0.1) is 6.42 Å². The standard InChI is InChI=1S/C16H21NO4/c1-11-6-14-15(21-10-20-14)7-12(11)9-17-5-3-2-4-13(17)8-16(18)19/h6-7,13H,2-5,8-10H2,1H3,(H,18,19). The highest BCUT2D eigenvalue weighted by atomic mass is 16.7. The van der Waals surface area contributed by atoms with E-state index in [1.807, 2.05) is 12.1 Å². The first-order valence-corrected chi connectivity index (χ1v) is 7.48. The van der Waals surface area contributed by atoms with Crippen LogP contribution in [0.1, 0.15) is 36.8 Å². The van der Waals surface area contributed by atoms with Crippen LogP contribution in [0.3, 0.4) is 0 Å². The Morgan fingerprint density at radius 3 is 2.86 bits per heavy atom. The van der Waals surface area contributed by atoms with Crippen LogP contribution in [0.15, 0.2) is 12.1 Å². The molecular weight excluding hydrogens is 270 g/mol. The Morgan fingerprint density at radius 2 is 2.10 bits per heavy atom. The predicted molar refractivity (Wildman–Crippen MR) is 77.6 cm³/mol. The van der Waals surface area contributed by atoms with Gasteiger partial charge in [0.1, 0.15) is 0 Å². The summed E-state index contributed by atoms with van der Waals surface area (Å²) < 4.78 is 10.8. The zero-order chi connectivity index (χ0) is 14.8. The van der Waals surface area contributed by atoms with Crippen molar-refractivity contribution >= 4 is 5.97 Å². The Labute approximate surface area is 124 Å². The highest BCUT2D eigenvalue weighted by molar-refractivity contribution is 5.67. The maximum Gasteiger partial charge on any atom is 0.304 e. The largest absolute Gasteiger partial charge is 0.481 e. The second-order valence-corrected chi connectivity index (χ2v) is 5.85. The monoisotopic (exact) mass is 291 g/mol. The van der Waals surface area contributed by atoms with Crippen LogP contribution >= 0.6 is 0 Å². The third kappa shape index (κ3) is 3.13. The van der Waals surface area contributed by atoms with E-state index in [2.05, 4.69) is 11.8 Å². The molecule has 0 aromatic heterocycles. The number of hydrogen-bond donors (Lipinski definition) is 1. The van der Waals surface area contributed by atoms with Crippen molar-refractivity contribution in [3.63, 3.8) is 0 Å². The first-order chi connectivity index (χ1) is 10.1. The van der Waals surface area contributed by atoms with Crippen LogP contribution in [-0.2, 0) is 11.3 Å². The van der Waals surface area contributed by atoms with Gasteiger partial charge in [0.2, 0.25) is 6.79 Å². The molecule has 0 aliphatic carbocycles. The lowest BCUT2D eigenvalue weighted by molar-refractivity contribution is -0.138. The quantitative estimate of drug-likeness (QED) is 0.924. The Hall–Kier alpha value is -1.75. The van der Waals surface area contributed by atoms with E-state index in [1.165, 1.54) is 11.1 Å². The van der Waals surface area contributed by atoms with E-state index < -0.39 is 5.97 Å². The molecule has 0 bridgehead atoms. The molecule has 114 valence electrons. The summed E-state index contributed by atoms with van der Waals surface area (Å²) in [6.07, 6.45) is 3.45. The van der Waals surface area contributed by atoms with Gasteiger partial charge in [-0.25, -0.2) is 0 Å². The minimum Gasteiger partial charge on any atom is -0.481 e. The van der Waals surface area contributed by atoms with Gasteiger partial charge in [0.25, 0.3) is 0 Å². The van der Waals surface area contributed by atoms with Crippen LogP contribution in [0, 0.1) is 6.92 Å². The number of hydrogen-bond acceptors (Lipinski definition) is 4. The molecule has 1 N–H and O–H groups in total. The molecule has 2 aliphatic rings. The number of benzene rings is 1. The van der Waals surface area contributed by atoms with E-state index in [0.717, 1.165) is 43.9 Å². The van der Waals surface area contributed by atoms with Gasteiger partial charge in [-0.15, -0.1) is 0 Å². The van der Waals surface area contributed by atoms with Crippen molar-refractivity contribution in [2.75, 3.05) is 13.3 Å². The topological polar surface area (TPSA) is 59.0 Å². The van der Waals surface area contributed by atoms with Crippen LogP contribution in [0.5, 0.6) is 11.5 Å². The average molecular weight is 291 g/mol. The Kier molecular flexibility index (Phi) is 4.01. The maximum atomic E-state index is 11.0. The van der Waals surface area contributed by atoms with Crippen molar-refractivity contribution in [3.8, 4) is 11.5 Å². The van der Waals surface area contributed by atoms with E-state index >= 15 is 0 Å². The Bertz CT molecular complexity index is 543. The molecule has 0 spiro atoms. The predicted octanol–water partition coefficient (Wildman–Crippen LogP) is 2.55. The molecule has 1 aromatic rings. The molecule has 0 amide bonds. The Morgan fingerprint density at radius 1 is 1.33 bits per heavy atom. The molecule has 1 fully saturated rings. The van der Waals surface area contributed by atoms with Crippen LogP contribution < -0.4 is 9.47 Å². The molecule has 3 rings (SSSR count). The zero-order valence-electron chi connectivity index (χ0n) is 12.3. The number of carboxylic acid groups (broad SMARTS) is 1. The zero-order valence-corrected chi connectivity index (χ0v) is 12.3. The molecule has 5 nitrogen and oxygen atoms in total. The third-order valence-electron chi connectivity index (χ3n) is 4.36. The van der Waals surface area contributed by atoms with Gasteiger partial charge in [-0.3, -0.25) is 9.69 Å². The number of rotatable bonds is 4.